The number of rotatable bonds is 6. The number of oxazole rings is 1. The molecule has 128 valence electrons. The van der Waals surface area contributed by atoms with E-state index in [2.05, 4.69) is 17.2 Å². The molecule has 0 bridgehead atoms. The number of hydrogen-bond acceptors (Lipinski definition) is 4. The van der Waals surface area contributed by atoms with Gasteiger partial charge in [0.25, 0.3) is 5.22 Å². The first-order chi connectivity index (χ1) is 12.1. The Balaban J connectivity index is 1.57. The molecule has 1 aromatic heterocycles. The number of hydrogen-bond donors (Lipinski definition) is 1. The molecule has 0 spiro atoms. The maximum Gasteiger partial charge on any atom is 0.256 e. The van der Waals surface area contributed by atoms with Gasteiger partial charge in [0.2, 0.25) is 5.91 Å². The number of benzene rings is 2. The smallest absolute Gasteiger partial charge is 0.256 e. The Morgan fingerprint density at radius 1 is 1.24 bits per heavy atom. The summed E-state index contributed by atoms with van der Waals surface area (Å²) in [5, 5.41) is 3.97. The highest BCUT2D eigenvalue weighted by Gasteiger charge is 2.10. The molecule has 0 unspecified atom stereocenters. The molecule has 0 aliphatic heterocycles. The van der Waals surface area contributed by atoms with Crippen LogP contribution in [-0.4, -0.2) is 16.6 Å². The molecule has 25 heavy (non-hydrogen) atoms. The minimum absolute atomic E-state index is 0.0965. The van der Waals surface area contributed by atoms with E-state index < -0.39 is 0 Å². The van der Waals surface area contributed by atoms with Crippen LogP contribution in [0.2, 0.25) is 5.02 Å². The van der Waals surface area contributed by atoms with E-state index in [1.54, 1.807) is 12.3 Å². The maximum atomic E-state index is 12.1. The minimum Gasteiger partial charge on any atom is -0.431 e. The van der Waals surface area contributed by atoms with Crippen molar-refractivity contribution < 1.29 is 9.21 Å². The average molecular weight is 373 g/mol. The molecule has 0 radical (unpaired) electrons. The third-order valence-corrected chi connectivity index (χ3v) is 4.62. The molecule has 4 nitrogen and oxygen atoms in total. The molecule has 1 heterocycles. The SMILES string of the molecule is CCc1cccc(NC(=O)CSc2ncc(-c3cccc(Cl)c3)o2)c1. The summed E-state index contributed by atoms with van der Waals surface area (Å²) in [6.07, 6.45) is 2.57. The standard InChI is InChI=1S/C19H17ClN2O2S/c1-2-13-5-3-8-16(9-13)22-18(23)12-25-19-21-11-17(24-19)14-6-4-7-15(20)10-14/h3-11H,2,12H2,1H3,(H,22,23). The molecule has 1 N–H and O–H groups in total. The topological polar surface area (TPSA) is 55.1 Å². The van der Waals surface area contributed by atoms with Crippen LogP contribution < -0.4 is 5.32 Å². The van der Waals surface area contributed by atoms with Crippen molar-refractivity contribution in [2.24, 2.45) is 0 Å². The molecule has 0 aliphatic rings. The fraction of sp³-hybridized carbons (Fsp3) is 0.158. The Kier molecular flexibility index (Phi) is 5.79. The number of aromatic nitrogens is 1. The first-order valence-electron chi connectivity index (χ1n) is 7.87. The van der Waals surface area contributed by atoms with E-state index in [1.807, 2.05) is 42.5 Å². The number of nitrogens with one attached hydrogen (secondary N) is 1. The zero-order chi connectivity index (χ0) is 17.6. The van der Waals surface area contributed by atoms with E-state index in [1.165, 1.54) is 17.3 Å². The van der Waals surface area contributed by atoms with Gasteiger partial charge in [-0.1, -0.05) is 54.6 Å². The summed E-state index contributed by atoms with van der Waals surface area (Å²) in [6.45, 7) is 2.08. The Morgan fingerprint density at radius 3 is 2.88 bits per heavy atom. The molecule has 0 atom stereocenters. The van der Waals surface area contributed by atoms with Crippen LogP contribution in [-0.2, 0) is 11.2 Å². The summed E-state index contributed by atoms with van der Waals surface area (Å²) in [4.78, 5) is 16.3. The van der Waals surface area contributed by atoms with Gasteiger partial charge in [-0.3, -0.25) is 4.79 Å². The Bertz CT molecular complexity index is 879. The number of carbonyl (C=O) groups is 1. The van der Waals surface area contributed by atoms with Gasteiger partial charge in [-0.2, -0.15) is 0 Å². The first-order valence-corrected chi connectivity index (χ1v) is 9.24. The summed E-state index contributed by atoms with van der Waals surface area (Å²) in [5.41, 5.74) is 2.84. The van der Waals surface area contributed by atoms with E-state index in [0.717, 1.165) is 17.7 Å². The van der Waals surface area contributed by atoms with E-state index in [9.17, 15) is 4.79 Å². The van der Waals surface area contributed by atoms with Crippen molar-refractivity contribution in [2.75, 3.05) is 11.1 Å². The minimum atomic E-state index is -0.0965. The molecule has 0 aliphatic carbocycles. The van der Waals surface area contributed by atoms with Crippen LogP contribution in [0.3, 0.4) is 0 Å². The predicted octanol–water partition coefficient (Wildman–Crippen LogP) is 5.29. The molecule has 2 aromatic carbocycles. The van der Waals surface area contributed by atoms with E-state index in [4.69, 9.17) is 16.0 Å². The number of anilines is 1. The van der Waals surface area contributed by atoms with Crippen molar-refractivity contribution in [3.8, 4) is 11.3 Å². The summed E-state index contributed by atoms with van der Waals surface area (Å²) in [7, 11) is 0. The normalized spacial score (nSPS) is 10.6. The number of carbonyl (C=O) groups excluding carboxylic acids is 1. The van der Waals surface area contributed by atoms with Gasteiger partial charge in [0.05, 0.1) is 11.9 Å². The van der Waals surface area contributed by atoms with Gasteiger partial charge in [0, 0.05) is 16.3 Å². The largest absolute Gasteiger partial charge is 0.431 e. The summed E-state index contributed by atoms with van der Waals surface area (Å²) < 4.78 is 5.68. The lowest BCUT2D eigenvalue weighted by molar-refractivity contribution is -0.113. The summed E-state index contributed by atoms with van der Waals surface area (Å²) in [5.74, 6) is 0.757. The quantitative estimate of drug-likeness (QED) is 0.597. The molecular weight excluding hydrogens is 356 g/mol. The number of thioether (sulfide) groups is 1. The van der Waals surface area contributed by atoms with Crippen LogP contribution in [0.5, 0.6) is 0 Å². The molecule has 0 saturated carbocycles. The molecule has 3 aromatic rings. The Labute approximate surface area is 155 Å². The van der Waals surface area contributed by atoms with Crippen LogP contribution in [0.15, 0.2) is 64.4 Å². The van der Waals surface area contributed by atoms with Crippen molar-refractivity contribution in [3.05, 3.63) is 65.3 Å². The van der Waals surface area contributed by atoms with Gasteiger partial charge in [-0.05, 0) is 36.2 Å². The van der Waals surface area contributed by atoms with Crippen molar-refractivity contribution in [2.45, 2.75) is 18.6 Å². The average Bonchev–Trinajstić information content (AvgIpc) is 3.09. The second-order valence-corrected chi connectivity index (χ2v) is 6.75. The fourth-order valence-electron chi connectivity index (χ4n) is 2.29. The third-order valence-electron chi connectivity index (χ3n) is 3.54. The van der Waals surface area contributed by atoms with Gasteiger partial charge in [-0.15, -0.1) is 0 Å². The lowest BCUT2D eigenvalue weighted by Gasteiger charge is -2.05. The van der Waals surface area contributed by atoms with E-state index in [-0.39, 0.29) is 11.7 Å². The van der Waals surface area contributed by atoms with Crippen LogP contribution >= 0.6 is 23.4 Å². The molecule has 3 rings (SSSR count). The van der Waals surface area contributed by atoms with E-state index >= 15 is 0 Å². The maximum absolute atomic E-state index is 12.1. The van der Waals surface area contributed by atoms with Crippen LogP contribution in [0.4, 0.5) is 5.69 Å². The molecule has 0 fully saturated rings. The monoisotopic (exact) mass is 372 g/mol. The lowest BCUT2D eigenvalue weighted by Crippen LogP contribution is -2.14. The van der Waals surface area contributed by atoms with Gasteiger partial charge in [0.15, 0.2) is 5.76 Å². The fourth-order valence-corrected chi connectivity index (χ4v) is 3.09. The number of nitrogens with zero attached hydrogens (tertiary/aromatic N) is 1. The lowest BCUT2D eigenvalue weighted by atomic mass is 10.1. The number of halogens is 1. The second-order valence-electron chi connectivity index (χ2n) is 5.39. The highest BCUT2D eigenvalue weighted by molar-refractivity contribution is 7.99. The van der Waals surface area contributed by atoms with Crippen molar-refractivity contribution in [1.82, 2.24) is 4.98 Å². The van der Waals surface area contributed by atoms with E-state index in [0.29, 0.717) is 16.0 Å². The molecule has 6 heteroatoms. The summed E-state index contributed by atoms with van der Waals surface area (Å²) in [6, 6.07) is 15.2. The van der Waals surface area contributed by atoms with Crippen LogP contribution in [0, 0.1) is 0 Å². The Hall–Kier alpha value is -2.24. The van der Waals surface area contributed by atoms with Gasteiger partial charge >= 0.3 is 0 Å². The van der Waals surface area contributed by atoms with Gasteiger partial charge in [0.1, 0.15) is 0 Å². The van der Waals surface area contributed by atoms with Crippen LogP contribution in [0.25, 0.3) is 11.3 Å². The third kappa shape index (κ3) is 4.87. The van der Waals surface area contributed by atoms with Crippen LogP contribution in [0.1, 0.15) is 12.5 Å². The number of aryl methyl sites for hydroxylation is 1. The molecule has 0 saturated heterocycles. The zero-order valence-electron chi connectivity index (χ0n) is 13.7. The molecular formula is C19H17ClN2O2S. The zero-order valence-corrected chi connectivity index (χ0v) is 15.2. The van der Waals surface area contributed by atoms with Crippen molar-refractivity contribution in [3.63, 3.8) is 0 Å². The molecule has 1 amide bonds. The summed E-state index contributed by atoms with van der Waals surface area (Å²) >= 11 is 7.24. The highest BCUT2D eigenvalue weighted by Crippen LogP contribution is 2.27. The first kappa shape index (κ1) is 17.6. The highest BCUT2D eigenvalue weighted by atomic mass is 35.5. The second kappa shape index (κ2) is 8.23. The van der Waals surface area contributed by atoms with Crippen molar-refractivity contribution >= 4 is 35.0 Å². The van der Waals surface area contributed by atoms with Crippen molar-refractivity contribution in [1.29, 1.82) is 0 Å². The number of amides is 1. The van der Waals surface area contributed by atoms with Gasteiger partial charge < -0.3 is 9.73 Å². The predicted molar refractivity (Wildman–Crippen MR) is 102 cm³/mol. The van der Waals surface area contributed by atoms with Gasteiger partial charge in [-0.25, -0.2) is 4.98 Å². The Morgan fingerprint density at radius 2 is 2.08 bits per heavy atom.